The number of urea groups is 1. The highest BCUT2D eigenvalue weighted by Crippen LogP contribution is 2.35. The smallest absolute Gasteiger partial charge is 0.337 e. The molecular formula is C24H39N7O4. The molecule has 11 nitrogen and oxygen atoms in total. The van der Waals surface area contributed by atoms with Crippen molar-refractivity contribution in [1.82, 2.24) is 30.5 Å². The fourth-order valence-corrected chi connectivity index (χ4v) is 5.49. The lowest BCUT2D eigenvalue weighted by Gasteiger charge is -2.47. The van der Waals surface area contributed by atoms with Crippen LogP contribution in [0.3, 0.4) is 0 Å². The molecule has 4 rings (SSSR count). The van der Waals surface area contributed by atoms with E-state index >= 15 is 0 Å². The molecule has 3 fully saturated rings. The van der Waals surface area contributed by atoms with Gasteiger partial charge < -0.3 is 19.5 Å². The van der Waals surface area contributed by atoms with Gasteiger partial charge >= 0.3 is 12.0 Å². The standard InChI is InChI=1S/C24H39N7O4/c1-5-16(4)20-22(33)29(13-17-6-8-25-9-7-17)14-19-30(20)21(32)18(12-15(2)3)31(19)28-23(34)27-24-26-10-11-35-24/h10-11,15-20,25H,5-9,12-14H2,1-4H3,(H2,26,27,28,34)/t16?,18-,19?,20-/m0/s1. The van der Waals surface area contributed by atoms with Gasteiger partial charge in [-0.15, -0.1) is 0 Å². The van der Waals surface area contributed by atoms with Crippen LogP contribution >= 0.6 is 0 Å². The Morgan fingerprint density at radius 2 is 1.97 bits per heavy atom. The van der Waals surface area contributed by atoms with Crippen LogP contribution in [0.2, 0.25) is 0 Å². The minimum Gasteiger partial charge on any atom is -0.432 e. The molecule has 3 saturated heterocycles. The molecule has 2 unspecified atom stereocenters. The third-order valence-electron chi connectivity index (χ3n) is 7.46. The van der Waals surface area contributed by atoms with Gasteiger partial charge in [0.2, 0.25) is 11.8 Å². The summed E-state index contributed by atoms with van der Waals surface area (Å²) in [6.07, 6.45) is 5.80. The van der Waals surface area contributed by atoms with Crippen LogP contribution in [0.1, 0.15) is 53.4 Å². The summed E-state index contributed by atoms with van der Waals surface area (Å²) in [6, 6.07) is -1.54. The number of nitrogens with zero attached hydrogens (tertiary/aromatic N) is 4. The van der Waals surface area contributed by atoms with E-state index in [4.69, 9.17) is 4.42 Å². The van der Waals surface area contributed by atoms with E-state index in [1.165, 1.54) is 12.5 Å². The maximum absolute atomic E-state index is 13.8. The van der Waals surface area contributed by atoms with Gasteiger partial charge in [-0.3, -0.25) is 20.3 Å². The van der Waals surface area contributed by atoms with Crippen LogP contribution in [0.5, 0.6) is 0 Å². The van der Waals surface area contributed by atoms with Gasteiger partial charge in [-0.05, 0) is 50.1 Å². The first-order chi connectivity index (χ1) is 16.8. The molecule has 1 aromatic heterocycles. The van der Waals surface area contributed by atoms with Gasteiger partial charge in [-0.2, -0.15) is 5.01 Å². The van der Waals surface area contributed by atoms with Crippen molar-refractivity contribution in [3.63, 3.8) is 0 Å². The third kappa shape index (κ3) is 5.45. The number of hydrazine groups is 1. The number of piperazine rings is 1. The molecule has 4 heterocycles. The summed E-state index contributed by atoms with van der Waals surface area (Å²) in [4.78, 5) is 47.9. The number of aromatic nitrogens is 1. The predicted octanol–water partition coefficient (Wildman–Crippen LogP) is 1.85. The molecule has 35 heavy (non-hydrogen) atoms. The Morgan fingerprint density at radius 3 is 2.60 bits per heavy atom. The molecule has 3 aliphatic rings. The van der Waals surface area contributed by atoms with Gasteiger partial charge in [0, 0.05) is 6.54 Å². The fourth-order valence-electron chi connectivity index (χ4n) is 5.49. The number of carbonyl (C=O) groups excluding carboxylic acids is 3. The van der Waals surface area contributed by atoms with Crippen LogP contribution in [0.15, 0.2) is 16.9 Å². The van der Waals surface area contributed by atoms with Crippen molar-refractivity contribution in [1.29, 1.82) is 0 Å². The summed E-state index contributed by atoms with van der Waals surface area (Å²) in [7, 11) is 0. The van der Waals surface area contributed by atoms with Crippen LogP contribution in [-0.2, 0) is 9.59 Å². The summed E-state index contributed by atoms with van der Waals surface area (Å²) in [5.74, 6) is 0.596. The van der Waals surface area contributed by atoms with Crippen molar-refractivity contribution in [3.8, 4) is 0 Å². The third-order valence-corrected chi connectivity index (χ3v) is 7.46. The normalized spacial score (nSPS) is 26.8. The molecule has 194 valence electrons. The second-order valence-electron chi connectivity index (χ2n) is 10.4. The zero-order chi connectivity index (χ0) is 25.1. The van der Waals surface area contributed by atoms with Crippen molar-refractivity contribution in [2.24, 2.45) is 17.8 Å². The SMILES string of the molecule is CCC(C)[C@H]1C(=O)N(CC2CCNCC2)CC2N(NC(=O)Nc3ncco3)[C@@H](CC(C)C)C(=O)N21. The monoisotopic (exact) mass is 489 g/mol. The van der Waals surface area contributed by atoms with Crippen LogP contribution in [0.4, 0.5) is 10.8 Å². The highest BCUT2D eigenvalue weighted by molar-refractivity contribution is 5.94. The van der Waals surface area contributed by atoms with Crippen molar-refractivity contribution in [3.05, 3.63) is 12.5 Å². The lowest BCUT2D eigenvalue weighted by atomic mass is 9.91. The fraction of sp³-hybridized carbons (Fsp3) is 0.750. The van der Waals surface area contributed by atoms with Crippen LogP contribution < -0.4 is 16.1 Å². The van der Waals surface area contributed by atoms with Gasteiger partial charge in [-0.25, -0.2) is 9.78 Å². The molecule has 0 aromatic carbocycles. The first-order valence-corrected chi connectivity index (χ1v) is 12.9. The minimum absolute atomic E-state index is 0.00516. The lowest BCUT2D eigenvalue weighted by Crippen LogP contribution is -2.67. The topological polar surface area (TPSA) is 123 Å². The van der Waals surface area contributed by atoms with Crippen molar-refractivity contribution >= 4 is 23.9 Å². The van der Waals surface area contributed by atoms with Gasteiger partial charge in [0.15, 0.2) is 0 Å². The molecule has 0 aliphatic carbocycles. The maximum atomic E-state index is 13.8. The molecule has 0 bridgehead atoms. The number of anilines is 1. The van der Waals surface area contributed by atoms with Gasteiger partial charge in [0.1, 0.15) is 24.5 Å². The molecule has 11 heteroatoms. The first-order valence-electron chi connectivity index (χ1n) is 12.9. The molecule has 4 amide bonds. The number of carbonyl (C=O) groups is 3. The largest absolute Gasteiger partial charge is 0.432 e. The Bertz CT molecular complexity index is 886. The molecule has 0 saturated carbocycles. The number of fused-ring (bicyclic) bond motifs is 1. The van der Waals surface area contributed by atoms with E-state index in [-0.39, 0.29) is 29.7 Å². The number of oxazole rings is 1. The summed E-state index contributed by atoms with van der Waals surface area (Å²) in [6.45, 7) is 11.1. The molecule has 0 radical (unpaired) electrons. The zero-order valence-electron chi connectivity index (χ0n) is 21.2. The maximum Gasteiger partial charge on any atom is 0.337 e. The molecule has 0 spiro atoms. The van der Waals surface area contributed by atoms with Crippen LogP contribution in [0, 0.1) is 17.8 Å². The Morgan fingerprint density at radius 1 is 1.23 bits per heavy atom. The van der Waals surface area contributed by atoms with Gasteiger partial charge in [0.05, 0.1) is 12.7 Å². The van der Waals surface area contributed by atoms with E-state index in [2.05, 4.69) is 34.9 Å². The molecular weight excluding hydrogens is 450 g/mol. The predicted molar refractivity (Wildman–Crippen MR) is 130 cm³/mol. The molecule has 3 N–H and O–H groups in total. The number of nitrogens with one attached hydrogen (secondary N) is 3. The molecule has 3 aliphatic heterocycles. The van der Waals surface area contributed by atoms with Crippen molar-refractivity contribution < 1.29 is 18.8 Å². The number of amides is 4. The van der Waals surface area contributed by atoms with E-state index in [0.717, 1.165) is 32.4 Å². The van der Waals surface area contributed by atoms with Gasteiger partial charge in [0.25, 0.3) is 0 Å². The number of hydrogen-bond donors (Lipinski definition) is 3. The van der Waals surface area contributed by atoms with Crippen LogP contribution in [0.25, 0.3) is 0 Å². The quantitative estimate of drug-likeness (QED) is 0.509. The first kappa shape index (κ1) is 25.4. The van der Waals surface area contributed by atoms with Crippen LogP contribution in [-0.4, -0.2) is 82.1 Å². The lowest BCUT2D eigenvalue weighted by molar-refractivity contribution is -0.157. The number of hydrogen-bond acceptors (Lipinski definition) is 7. The van der Waals surface area contributed by atoms with E-state index in [9.17, 15) is 14.4 Å². The highest BCUT2D eigenvalue weighted by Gasteiger charge is 2.56. The zero-order valence-corrected chi connectivity index (χ0v) is 21.2. The van der Waals surface area contributed by atoms with Crippen molar-refractivity contribution in [2.45, 2.75) is 71.6 Å². The average molecular weight is 490 g/mol. The Hall–Kier alpha value is -2.66. The summed E-state index contributed by atoms with van der Waals surface area (Å²) < 4.78 is 5.13. The molecule has 4 atom stereocenters. The summed E-state index contributed by atoms with van der Waals surface area (Å²) in [5.41, 5.74) is 2.89. The summed E-state index contributed by atoms with van der Waals surface area (Å²) >= 11 is 0. The Kier molecular flexibility index (Phi) is 7.95. The highest BCUT2D eigenvalue weighted by atomic mass is 16.4. The number of piperidine rings is 1. The second-order valence-corrected chi connectivity index (χ2v) is 10.4. The Balaban J connectivity index is 1.61. The van der Waals surface area contributed by atoms with Gasteiger partial charge in [-0.1, -0.05) is 34.1 Å². The van der Waals surface area contributed by atoms with E-state index in [0.29, 0.717) is 25.4 Å². The summed E-state index contributed by atoms with van der Waals surface area (Å²) in [5, 5.41) is 7.71. The average Bonchev–Trinajstić information content (AvgIpc) is 3.42. The Labute approximate surface area is 206 Å². The van der Waals surface area contributed by atoms with E-state index in [1.807, 2.05) is 18.7 Å². The minimum atomic E-state index is -0.548. The second kappa shape index (κ2) is 10.9. The van der Waals surface area contributed by atoms with E-state index in [1.54, 1.807) is 9.91 Å². The van der Waals surface area contributed by atoms with E-state index < -0.39 is 24.3 Å². The van der Waals surface area contributed by atoms with Crippen molar-refractivity contribution in [2.75, 3.05) is 31.5 Å². The molecule has 1 aromatic rings. The number of rotatable bonds is 8.